The Bertz CT molecular complexity index is 424. The summed E-state index contributed by atoms with van der Waals surface area (Å²) in [4.78, 5) is 11.7. The van der Waals surface area contributed by atoms with Crippen molar-refractivity contribution in [2.75, 3.05) is 19.7 Å². The topological polar surface area (TPSA) is 63.5 Å². The maximum absolute atomic E-state index is 11.7. The van der Waals surface area contributed by atoms with Crippen LogP contribution in [0.4, 0.5) is 0 Å². The first kappa shape index (κ1) is 13.1. The molecule has 0 bridgehead atoms. The highest BCUT2D eigenvalue weighted by Gasteiger charge is 2.33. The highest BCUT2D eigenvalue weighted by atomic mass is 16.5. The molecule has 1 atom stereocenters. The van der Waals surface area contributed by atoms with Crippen molar-refractivity contribution in [1.29, 1.82) is 0 Å². The molecule has 0 spiro atoms. The van der Waals surface area contributed by atoms with Gasteiger partial charge in [0.15, 0.2) is 0 Å². The zero-order chi connectivity index (χ0) is 13.2. The van der Waals surface area contributed by atoms with E-state index in [0.29, 0.717) is 0 Å². The largest absolute Gasteiger partial charge is 0.464 e. The van der Waals surface area contributed by atoms with Crippen molar-refractivity contribution in [2.45, 2.75) is 32.4 Å². The Morgan fingerprint density at radius 1 is 1.61 bits per heavy atom. The van der Waals surface area contributed by atoms with Gasteiger partial charge >= 0.3 is 0 Å². The van der Waals surface area contributed by atoms with Gasteiger partial charge in [-0.2, -0.15) is 0 Å². The van der Waals surface area contributed by atoms with E-state index >= 15 is 0 Å². The van der Waals surface area contributed by atoms with Crippen LogP contribution in [0.15, 0.2) is 16.5 Å². The number of hydrogen-bond acceptors (Lipinski definition) is 4. The number of carbonyl (C=O) groups excluding carboxylic acids is 1. The molecule has 0 radical (unpaired) electrons. The highest BCUT2D eigenvalue weighted by molar-refractivity contribution is 5.77. The number of aryl methyl sites for hydroxylation is 1. The Labute approximate surface area is 107 Å². The van der Waals surface area contributed by atoms with Gasteiger partial charge in [-0.1, -0.05) is 0 Å². The molecule has 1 aromatic rings. The fourth-order valence-electron chi connectivity index (χ4n) is 1.86. The number of carbonyl (C=O) groups is 1. The molecule has 1 unspecified atom stereocenters. The molecule has 0 saturated carbocycles. The molecule has 5 nitrogen and oxygen atoms in total. The minimum absolute atomic E-state index is 0.0855. The highest BCUT2D eigenvalue weighted by Crippen LogP contribution is 2.17. The first-order valence-electron chi connectivity index (χ1n) is 6.19. The molecule has 1 fully saturated rings. The lowest BCUT2D eigenvalue weighted by Crippen LogP contribution is -2.59. The number of amides is 1. The molecule has 100 valence electrons. The van der Waals surface area contributed by atoms with Gasteiger partial charge in [0, 0.05) is 13.1 Å². The van der Waals surface area contributed by atoms with Gasteiger partial charge in [0.1, 0.15) is 18.1 Å². The second-order valence-electron chi connectivity index (χ2n) is 5.08. The first-order valence-corrected chi connectivity index (χ1v) is 6.19. The van der Waals surface area contributed by atoms with E-state index in [1.165, 1.54) is 0 Å². The average Bonchev–Trinajstić information content (AvgIpc) is 2.70. The lowest BCUT2D eigenvalue weighted by molar-refractivity contribution is -0.136. The summed E-state index contributed by atoms with van der Waals surface area (Å²) >= 11 is 0. The van der Waals surface area contributed by atoms with E-state index in [0.717, 1.165) is 24.6 Å². The standard InChI is InChI=1S/C13H20N2O3/c1-9-4-5-11(18-9)10(2)15-12(16)6-17-13(3)7-14-8-13/h4-5,10,14H,6-8H2,1-3H3,(H,15,16). The third-order valence-electron chi connectivity index (χ3n) is 3.12. The van der Waals surface area contributed by atoms with Crippen LogP contribution < -0.4 is 10.6 Å². The second-order valence-corrected chi connectivity index (χ2v) is 5.08. The molecule has 2 N–H and O–H groups in total. The lowest BCUT2D eigenvalue weighted by atomic mass is 10.0. The van der Waals surface area contributed by atoms with Crippen LogP contribution in [0.1, 0.15) is 31.4 Å². The van der Waals surface area contributed by atoms with E-state index < -0.39 is 0 Å². The van der Waals surface area contributed by atoms with Gasteiger partial charge in [-0.05, 0) is 32.9 Å². The fourth-order valence-corrected chi connectivity index (χ4v) is 1.86. The van der Waals surface area contributed by atoms with Gasteiger partial charge in [-0.15, -0.1) is 0 Å². The molecule has 1 amide bonds. The van der Waals surface area contributed by atoms with Gasteiger partial charge in [0.25, 0.3) is 0 Å². The van der Waals surface area contributed by atoms with Crippen molar-refractivity contribution < 1.29 is 13.9 Å². The zero-order valence-electron chi connectivity index (χ0n) is 11.1. The Morgan fingerprint density at radius 2 is 2.33 bits per heavy atom. The molecular formula is C13H20N2O3. The third kappa shape index (κ3) is 3.11. The van der Waals surface area contributed by atoms with E-state index in [-0.39, 0.29) is 24.2 Å². The van der Waals surface area contributed by atoms with Crippen LogP contribution in [0, 0.1) is 6.92 Å². The molecule has 18 heavy (non-hydrogen) atoms. The van der Waals surface area contributed by atoms with Gasteiger partial charge < -0.3 is 19.8 Å². The zero-order valence-corrected chi connectivity index (χ0v) is 11.1. The summed E-state index contributed by atoms with van der Waals surface area (Å²) < 4.78 is 11.0. The van der Waals surface area contributed by atoms with Gasteiger partial charge in [-0.3, -0.25) is 4.79 Å². The first-order chi connectivity index (χ1) is 8.48. The number of nitrogens with one attached hydrogen (secondary N) is 2. The van der Waals surface area contributed by atoms with E-state index in [4.69, 9.17) is 9.15 Å². The molecular weight excluding hydrogens is 232 g/mol. The van der Waals surface area contributed by atoms with Crippen LogP contribution in [-0.2, 0) is 9.53 Å². The summed E-state index contributed by atoms with van der Waals surface area (Å²) in [6.07, 6.45) is 0. The predicted molar refractivity (Wildman–Crippen MR) is 67.2 cm³/mol. The number of hydrogen-bond donors (Lipinski definition) is 2. The van der Waals surface area contributed by atoms with Gasteiger partial charge in [0.2, 0.25) is 5.91 Å². The molecule has 1 aliphatic heterocycles. The van der Waals surface area contributed by atoms with Crippen molar-refractivity contribution >= 4 is 5.91 Å². The van der Waals surface area contributed by atoms with Crippen molar-refractivity contribution in [1.82, 2.24) is 10.6 Å². The number of rotatable bonds is 5. The summed E-state index contributed by atoms with van der Waals surface area (Å²) in [6.45, 7) is 7.45. The molecule has 0 aliphatic carbocycles. The van der Waals surface area contributed by atoms with Crippen LogP contribution in [0.2, 0.25) is 0 Å². The molecule has 5 heteroatoms. The Hall–Kier alpha value is -1.33. The minimum atomic E-state index is -0.193. The third-order valence-corrected chi connectivity index (χ3v) is 3.12. The summed E-state index contributed by atoms with van der Waals surface area (Å²) in [7, 11) is 0. The maximum atomic E-state index is 11.7. The Morgan fingerprint density at radius 3 is 2.83 bits per heavy atom. The number of furan rings is 1. The fraction of sp³-hybridized carbons (Fsp3) is 0.615. The van der Waals surface area contributed by atoms with Crippen molar-refractivity contribution in [3.05, 3.63) is 23.7 Å². The molecule has 2 rings (SSSR count). The summed E-state index contributed by atoms with van der Waals surface area (Å²) in [5.41, 5.74) is -0.193. The van der Waals surface area contributed by atoms with Crippen LogP contribution in [0.25, 0.3) is 0 Å². The maximum Gasteiger partial charge on any atom is 0.246 e. The normalized spacial score (nSPS) is 19.1. The van der Waals surface area contributed by atoms with Crippen molar-refractivity contribution in [3.63, 3.8) is 0 Å². The summed E-state index contributed by atoms with van der Waals surface area (Å²) in [5.74, 6) is 1.48. The van der Waals surface area contributed by atoms with E-state index in [1.807, 2.05) is 32.9 Å². The quantitative estimate of drug-likeness (QED) is 0.825. The monoisotopic (exact) mass is 252 g/mol. The SMILES string of the molecule is Cc1ccc(C(C)NC(=O)COC2(C)CNC2)o1. The minimum Gasteiger partial charge on any atom is -0.464 e. The molecule has 0 aromatic carbocycles. The van der Waals surface area contributed by atoms with E-state index in [2.05, 4.69) is 10.6 Å². The van der Waals surface area contributed by atoms with E-state index in [1.54, 1.807) is 0 Å². The molecule has 2 heterocycles. The summed E-state index contributed by atoms with van der Waals surface area (Å²) in [6, 6.07) is 3.62. The average molecular weight is 252 g/mol. The Balaban J connectivity index is 1.76. The second kappa shape index (κ2) is 5.12. The van der Waals surface area contributed by atoms with Gasteiger partial charge in [-0.25, -0.2) is 0 Å². The summed E-state index contributed by atoms with van der Waals surface area (Å²) in [5, 5.41) is 5.98. The molecule has 1 saturated heterocycles. The van der Waals surface area contributed by atoms with Crippen LogP contribution in [0.5, 0.6) is 0 Å². The number of ether oxygens (including phenoxy) is 1. The van der Waals surface area contributed by atoms with Crippen LogP contribution in [0.3, 0.4) is 0 Å². The van der Waals surface area contributed by atoms with Crippen LogP contribution >= 0.6 is 0 Å². The van der Waals surface area contributed by atoms with Gasteiger partial charge in [0.05, 0.1) is 11.6 Å². The Kier molecular flexibility index (Phi) is 3.73. The molecule has 1 aromatic heterocycles. The van der Waals surface area contributed by atoms with Crippen molar-refractivity contribution in [2.24, 2.45) is 0 Å². The lowest BCUT2D eigenvalue weighted by Gasteiger charge is -2.38. The molecule has 1 aliphatic rings. The predicted octanol–water partition coefficient (Wildman–Crippen LogP) is 1.14. The smallest absolute Gasteiger partial charge is 0.246 e. The van der Waals surface area contributed by atoms with E-state index in [9.17, 15) is 4.79 Å². The van der Waals surface area contributed by atoms with Crippen molar-refractivity contribution in [3.8, 4) is 0 Å². The van der Waals surface area contributed by atoms with Crippen LogP contribution in [-0.4, -0.2) is 31.2 Å².